The molecule has 3 unspecified atom stereocenters. The fourth-order valence-electron chi connectivity index (χ4n) is 2.57. The monoisotopic (exact) mass is 198 g/mol. The van der Waals surface area contributed by atoms with Gasteiger partial charge in [0, 0.05) is 19.7 Å². The molecule has 0 aromatic carbocycles. The fraction of sp³-hybridized carbons (Fsp3) is 0.900. The number of aliphatic hydroxyl groups is 1. The Kier molecular flexibility index (Phi) is 2.74. The van der Waals surface area contributed by atoms with Crippen LogP contribution in [0.2, 0.25) is 0 Å². The molecule has 14 heavy (non-hydrogen) atoms. The molecule has 1 amide bonds. The van der Waals surface area contributed by atoms with Crippen LogP contribution in [0.4, 0.5) is 0 Å². The SMILES string of the molecule is NC1CN(CC2CCCC2CO)C1=O. The Bertz CT molecular complexity index is 232. The number of carbonyl (C=O) groups is 1. The van der Waals surface area contributed by atoms with Crippen molar-refractivity contribution >= 4 is 5.91 Å². The zero-order valence-electron chi connectivity index (χ0n) is 8.35. The zero-order chi connectivity index (χ0) is 10.1. The van der Waals surface area contributed by atoms with E-state index in [0.717, 1.165) is 19.4 Å². The molecule has 2 rings (SSSR count). The van der Waals surface area contributed by atoms with Crippen molar-refractivity contribution in [3.63, 3.8) is 0 Å². The lowest BCUT2D eigenvalue weighted by Gasteiger charge is -2.38. The molecule has 4 heteroatoms. The van der Waals surface area contributed by atoms with Crippen molar-refractivity contribution in [2.24, 2.45) is 17.6 Å². The minimum atomic E-state index is -0.260. The second-order valence-corrected chi connectivity index (χ2v) is 4.48. The fourth-order valence-corrected chi connectivity index (χ4v) is 2.57. The molecule has 0 radical (unpaired) electrons. The molecule has 3 N–H and O–H groups in total. The third kappa shape index (κ3) is 1.64. The van der Waals surface area contributed by atoms with Gasteiger partial charge in [0.1, 0.15) is 6.04 Å². The summed E-state index contributed by atoms with van der Waals surface area (Å²) >= 11 is 0. The molecular weight excluding hydrogens is 180 g/mol. The van der Waals surface area contributed by atoms with Gasteiger partial charge in [-0.15, -0.1) is 0 Å². The van der Waals surface area contributed by atoms with Crippen molar-refractivity contribution in [1.82, 2.24) is 4.90 Å². The van der Waals surface area contributed by atoms with E-state index in [1.165, 1.54) is 6.42 Å². The van der Waals surface area contributed by atoms with Crippen LogP contribution >= 0.6 is 0 Å². The Morgan fingerprint density at radius 1 is 1.43 bits per heavy atom. The van der Waals surface area contributed by atoms with E-state index >= 15 is 0 Å². The van der Waals surface area contributed by atoms with Gasteiger partial charge in [0.2, 0.25) is 5.91 Å². The third-order valence-corrected chi connectivity index (χ3v) is 3.55. The van der Waals surface area contributed by atoms with Crippen LogP contribution in [0.3, 0.4) is 0 Å². The lowest BCUT2D eigenvalue weighted by Crippen LogP contribution is -2.61. The van der Waals surface area contributed by atoms with Crippen LogP contribution in [0.25, 0.3) is 0 Å². The normalized spacial score (nSPS) is 37.4. The number of nitrogens with zero attached hydrogens (tertiary/aromatic N) is 1. The number of amides is 1. The van der Waals surface area contributed by atoms with Crippen LogP contribution in [0.1, 0.15) is 19.3 Å². The first kappa shape index (κ1) is 9.93. The summed E-state index contributed by atoms with van der Waals surface area (Å²) in [6, 6.07) is -0.260. The predicted molar refractivity (Wildman–Crippen MR) is 52.5 cm³/mol. The standard InChI is InChI=1S/C10H18N2O2/c11-9-5-12(10(9)14)4-7-2-1-3-8(7)6-13/h7-9,13H,1-6,11H2. The number of nitrogens with two attached hydrogens (primary N) is 1. The van der Waals surface area contributed by atoms with Gasteiger partial charge in [-0.2, -0.15) is 0 Å². The number of hydrogen-bond acceptors (Lipinski definition) is 3. The molecule has 1 heterocycles. The summed E-state index contributed by atoms with van der Waals surface area (Å²) in [7, 11) is 0. The van der Waals surface area contributed by atoms with Gasteiger partial charge in [0.15, 0.2) is 0 Å². The van der Waals surface area contributed by atoms with E-state index in [2.05, 4.69) is 0 Å². The average Bonchev–Trinajstić information content (AvgIpc) is 2.64. The number of likely N-dealkylation sites (tertiary alicyclic amines) is 1. The molecule has 2 fully saturated rings. The molecular formula is C10H18N2O2. The van der Waals surface area contributed by atoms with Gasteiger partial charge >= 0.3 is 0 Å². The Morgan fingerprint density at radius 2 is 2.14 bits per heavy atom. The molecule has 80 valence electrons. The van der Waals surface area contributed by atoms with Crippen LogP contribution in [0, 0.1) is 11.8 Å². The summed E-state index contributed by atoms with van der Waals surface area (Å²) in [5, 5.41) is 9.13. The van der Waals surface area contributed by atoms with E-state index in [-0.39, 0.29) is 18.6 Å². The Balaban J connectivity index is 1.83. The van der Waals surface area contributed by atoms with Gasteiger partial charge in [-0.05, 0) is 24.7 Å². The largest absolute Gasteiger partial charge is 0.396 e. The zero-order valence-corrected chi connectivity index (χ0v) is 8.35. The van der Waals surface area contributed by atoms with Crippen LogP contribution in [0.15, 0.2) is 0 Å². The van der Waals surface area contributed by atoms with E-state index in [1.54, 1.807) is 0 Å². The van der Waals surface area contributed by atoms with Gasteiger partial charge in [0.25, 0.3) is 0 Å². The molecule has 0 aromatic rings. The van der Waals surface area contributed by atoms with Crippen molar-refractivity contribution in [2.45, 2.75) is 25.3 Å². The first-order chi connectivity index (χ1) is 6.72. The summed E-state index contributed by atoms with van der Waals surface area (Å²) in [6.45, 7) is 1.77. The van der Waals surface area contributed by atoms with Crippen molar-refractivity contribution in [2.75, 3.05) is 19.7 Å². The molecule has 0 bridgehead atoms. The molecule has 0 aromatic heterocycles. The van der Waals surface area contributed by atoms with Crippen LogP contribution in [0.5, 0.6) is 0 Å². The van der Waals surface area contributed by atoms with Gasteiger partial charge in [0.05, 0.1) is 0 Å². The van der Waals surface area contributed by atoms with Gasteiger partial charge in [-0.25, -0.2) is 0 Å². The highest BCUT2D eigenvalue weighted by Gasteiger charge is 2.37. The van der Waals surface area contributed by atoms with E-state index in [1.807, 2.05) is 4.90 Å². The Morgan fingerprint density at radius 3 is 2.71 bits per heavy atom. The molecule has 1 saturated heterocycles. The highest BCUT2D eigenvalue weighted by Crippen LogP contribution is 2.32. The topological polar surface area (TPSA) is 66.6 Å². The first-order valence-electron chi connectivity index (χ1n) is 5.37. The van der Waals surface area contributed by atoms with E-state index in [0.29, 0.717) is 18.4 Å². The number of β-lactam (4-membered cyclic amide) rings is 1. The van der Waals surface area contributed by atoms with Crippen molar-refractivity contribution < 1.29 is 9.90 Å². The number of aliphatic hydroxyl groups excluding tert-OH is 1. The molecule has 1 aliphatic carbocycles. The molecule has 2 aliphatic rings. The van der Waals surface area contributed by atoms with E-state index in [4.69, 9.17) is 10.8 Å². The van der Waals surface area contributed by atoms with Crippen LogP contribution in [-0.2, 0) is 4.79 Å². The van der Waals surface area contributed by atoms with E-state index < -0.39 is 0 Å². The van der Waals surface area contributed by atoms with Crippen LogP contribution in [-0.4, -0.2) is 41.7 Å². The maximum atomic E-state index is 11.3. The van der Waals surface area contributed by atoms with Crippen LogP contribution < -0.4 is 5.73 Å². The summed E-state index contributed by atoms with van der Waals surface area (Å²) in [5.41, 5.74) is 5.51. The highest BCUT2D eigenvalue weighted by molar-refractivity contribution is 5.87. The maximum Gasteiger partial charge on any atom is 0.241 e. The summed E-state index contributed by atoms with van der Waals surface area (Å²) in [4.78, 5) is 13.1. The van der Waals surface area contributed by atoms with Crippen molar-refractivity contribution in [1.29, 1.82) is 0 Å². The lowest BCUT2D eigenvalue weighted by molar-refractivity contribution is -0.143. The Labute approximate surface area is 84.1 Å². The van der Waals surface area contributed by atoms with E-state index in [9.17, 15) is 4.79 Å². The maximum absolute atomic E-state index is 11.3. The molecule has 0 spiro atoms. The molecule has 1 saturated carbocycles. The van der Waals surface area contributed by atoms with Crippen molar-refractivity contribution in [3.05, 3.63) is 0 Å². The first-order valence-corrected chi connectivity index (χ1v) is 5.37. The highest BCUT2D eigenvalue weighted by atomic mass is 16.3. The van der Waals surface area contributed by atoms with Gasteiger partial charge in [-0.1, -0.05) is 6.42 Å². The van der Waals surface area contributed by atoms with Crippen molar-refractivity contribution in [3.8, 4) is 0 Å². The molecule has 3 atom stereocenters. The summed E-state index contributed by atoms with van der Waals surface area (Å²) in [6.07, 6.45) is 3.43. The number of carbonyl (C=O) groups excluding carboxylic acids is 1. The van der Waals surface area contributed by atoms with Gasteiger partial charge in [-0.3, -0.25) is 4.79 Å². The average molecular weight is 198 g/mol. The minimum absolute atomic E-state index is 0.0774. The van der Waals surface area contributed by atoms with Gasteiger partial charge < -0.3 is 15.7 Å². The third-order valence-electron chi connectivity index (χ3n) is 3.55. The number of hydrogen-bond donors (Lipinski definition) is 2. The molecule has 1 aliphatic heterocycles. The smallest absolute Gasteiger partial charge is 0.241 e. The quantitative estimate of drug-likeness (QED) is 0.604. The Hall–Kier alpha value is -0.610. The summed E-state index contributed by atoms with van der Waals surface area (Å²) < 4.78 is 0. The second-order valence-electron chi connectivity index (χ2n) is 4.48. The molecule has 4 nitrogen and oxygen atoms in total. The lowest BCUT2D eigenvalue weighted by atomic mass is 9.94. The summed E-state index contributed by atoms with van der Waals surface area (Å²) in [5.74, 6) is 0.977. The number of rotatable bonds is 3. The minimum Gasteiger partial charge on any atom is -0.396 e. The predicted octanol–water partition coefficient (Wildman–Crippen LogP) is -0.435. The second kappa shape index (κ2) is 3.87.